The van der Waals surface area contributed by atoms with Gasteiger partial charge in [-0.05, 0) is 26.7 Å². The lowest BCUT2D eigenvalue weighted by molar-refractivity contribution is 0.0691. The number of amides is 1. The molecule has 1 aromatic heterocycles. The molecule has 0 aliphatic rings. The minimum atomic E-state index is -1.12. The van der Waals surface area contributed by atoms with E-state index in [1.54, 1.807) is 0 Å². The lowest BCUT2D eigenvalue weighted by atomic mass is 10.3. The van der Waals surface area contributed by atoms with Crippen LogP contribution in [-0.2, 0) is 4.74 Å². The minimum Gasteiger partial charge on any atom is -0.476 e. The summed E-state index contributed by atoms with van der Waals surface area (Å²) in [5.41, 5.74) is -0.0968. The molecule has 19 heavy (non-hydrogen) atoms. The van der Waals surface area contributed by atoms with Crippen molar-refractivity contribution in [3.63, 3.8) is 0 Å². The third-order valence-corrected chi connectivity index (χ3v) is 3.07. The van der Waals surface area contributed by atoms with E-state index in [-0.39, 0.29) is 22.7 Å². The smallest absolute Gasteiger partial charge is 0.355 e. The highest BCUT2D eigenvalue weighted by molar-refractivity contribution is 7.11. The van der Waals surface area contributed by atoms with E-state index in [0.29, 0.717) is 13.2 Å². The first kappa shape index (κ1) is 15.6. The Morgan fingerprint density at radius 3 is 2.79 bits per heavy atom. The monoisotopic (exact) mass is 286 g/mol. The largest absolute Gasteiger partial charge is 0.476 e. The van der Waals surface area contributed by atoms with Gasteiger partial charge >= 0.3 is 5.97 Å². The third kappa shape index (κ3) is 5.80. The summed E-state index contributed by atoms with van der Waals surface area (Å²) in [6.45, 7) is 5.16. The first-order valence-corrected chi connectivity index (χ1v) is 6.97. The maximum atomic E-state index is 11.6. The number of hydrogen-bond acceptors (Lipinski definition) is 5. The van der Waals surface area contributed by atoms with Crippen LogP contribution in [0, 0.1) is 0 Å². The predicted molar refractivity (Wildman–Crippen MR) is 71.7 cm³/mol. The molecule has 106 valence electrons. The Bertz CT molecular complexity index is 431. The lowest BCUT2D eigenvalue weighted by Gasteiger charge is -2.07. The van der Waals surface area contributed by atoms with E-state index in [0.717, 1.165) is 24.2 Å². The van der Waals surface area contributed by atoms with Crippen molar-refractivity contribution in [3.8, 4) is 0 Å². The van der Waals surface area contributed by atoms with Gasteiger partial charge in [0.1, 0.15) is 0 Å². The first-order valence-electron chi connectivity index (χ1n) is 6.09. The van der Waals surface area contributed by atoms with E-state index in [4.69, 9.17) is 9.84 Å². The zero-order valence-electron chi connectivity index (χ0n) is 11.0. The molecule has 0 bridgehead atoms. The molecule has 1 aromatic rings. The number of carbonyl (C=O) groups is 2. The van der Waals surface area contributed by atoms with Gasteiger partial charge in [-0.2, -0.15) is 0 Å². The molecule has 0 fully saturated rings. The summed E-state index contributed by atoms with van der Waals surface area (Å²) in [6.07, 6.45) is 1.91. The fourth-order valence-electron chi connectivity index (χ4n) is 1.30. The van der Waals surface area contributed by atoms with Crippen LogP contribution in [0.25, 0.3) is 0 Å². The minimum absolute atomic E-state index is 0.0968. The summed E-state index contributed by atoms with van der Waals surface area (Å²) in [4.78, 5) is 26.0. The highest BCUT2D eigenvalue weighted by Crippen LogP contribution is 2.09. The van der Waals surface area contributed by atoms with Crippen LogP contribution in [0.2, 0.25) is 0 Å². The van der Waals surface area contributed by atoms with Gasteiger partial charge in [0, 0.05) is 18.5 Å². The number of carboxylic acid groups (broad SMARTS) is 1. The number of nitrogens with zero attached hydrogens (tertiary/aromatic N) is 1. The average molecular weight is 286 g/mol. The fraction of sp³-hybridized carbons (Fsp3) is 0.583. The van der Waals surface area contributed by atoms with Gasteiger partial charge in [0.05, 0.1) is 6.10 Å². The lowest BCUT2D eigenvalue weighted by Crippen LogP contribution is -2.24. The molecular weight excluding hydrogens is 268 g/mol. The van der Waals surface area contributed by atoms with Crippen LogP contribution in [0.15, 0.2) is 5.38 Å². The Labute approximate surface area is 115 Å². The van der Waals surface area contributed by atoms with Gasteiger partial charge in [0.15, 0.2) is 10.7 Å². The Balaban J connectivity index is 2.22. The summed E-state index contributed by atoms with van der Waals surface area (Å²) < 4.78 is 5.37. The molecule has 2 N–H and O–H groups in total. The number of aromatic carboxylic acids is 1. The number of rotatable bonds is 8. The maximum absolute atomic E-state index is 11.6. The number of hydrogen-bond donors (Lipinski definition) is 2. The Morgan fingerprint density at radius 1 is 1.47 bits per heavy atom. The molecule has 1 heterocycles. The second kappa shape index (κ2) is 7.85. The highest BCUT2D eigenvalue weighted by Gasteiger charge is 2.13. The summed E-state index contributed by atoms with van der Waals surface area (Å²) in [6, 6.07) is 0. The topological polar surface area (TPSA) is 88.5 Å². The number of nitrogens with one attached hydrogen (secondary N) is 1. The molecule has 0 unspecified atom stereocenters. The van der Waals surface area contributed by atoms with Crippen molar-refractivity contribution in [2.75, 3.05) is 13.2 Å². The van der Waals surface area contributed by atoms with Crippen molar-refractivity contribution in [3.05, 3.63) is 16.1 Å². The van der Waals surface area contributed by atoms with Crippen molar-refractivity contribution in [1.29, 1.82) is 0 Å². The maximum Gasteiger partial charge on any atom is 0.355 e. The first-order chi connectivity index (χ1) is 9.00. The standard InChI is InChI=1S/C12H18N2O4S/c1-8(2)18-6-4-3-5-13-10(15)11-14-9(7-19-11)12(16)17/h7-8H,3-6H2,1-2H3,(H,13,15)(H,16,17). The normalized spacial score (nSPS) is 10.7. The molecule has 0 radical (unpaired) electrons. The van der Waals surface area contributed by atoms with Gasteiger partial charge in [-0.15, -0.1) is 11.3 Å². The Morgan fingerprint density at radius 2 is 2.21 bits per heavy atom. The second-order valence-corrected chi connectivity index (χ2v) is 5.08. The summed E-state index contributed by atoms with van der Waals surface area (Å²) in [5, 5.41) is 12.9. The van der Waals surface area contributed by atoms with E-state index in [2.05, 4.69) is 10.3 Å². The zero-order valence-corrected chi connectivity index (χ0v) is 11.8. The highest BCUT2D eigenvalue weighted by atomic mass is 32.1. The number of thiazole rings is 1. The average Bonchev–Trinajstić information content (AvgIpc) is 2.82. The van der Waals surface area contributed by atoms with Crippen LogP contribution in [0.4, 0.5) is 0 Å². The number of ether oxygens (including phenoxy) is 1. The van der Waals surface area contributed by atoms with Gasteiger partial charge in [-0.3, -0.25) is 4.79 Å². The van der Waals surface area contributed by atoms with E-state index in [1.165, 1.54) is 5.38 Å². The molecule has 0 aliphatic heterocycles. The van der Waals surface area contributed by atoms with Crippen molar-refractivity contribution in [2.45, 2.75) is 32.8 Å². The summed E-state index contributed by atoms with van der Waals surface area (Å²) in [5.74, 6) is -1.46. The predicted octanol–water partition coefficient (Wildman–Crippen LogP) is 1.78. The van der Waals surface area contributed by atoms with Crippen LogP contribution in [0.3, 0.4) is 0 Å². The van der Waals surface area contributed by atoms with Gasteiger partial charge in [0.25, 0.3) is 5.91 Å². The van der Waals surface area contributed by atoms with E-state index < -0.39 is 5.97 Å². The van der Waals surface area contributed by atoms with Crippen LogP contribution < -0.4 is 5.32 Å². The molecule has 0 spiro atoms. The molecule has 0 atom stereocenters. The van der Waals surface area contributed by atoms with Crippen LogP contribution in [0.1, 0.15) is 47.0 Å². The van der Waals surface area contributed by atoms with Crippen molar-refractivity contribution in [2.24, 2.45) is 0 Å². The molecule has 0 aromatic carbocycles. The van der Waals surface area contributed by atoms with E-state index in [9.17, 15) is 9.59 Å². The Hall–Kier alpha value is -1.47. The van der Waals surface area contributed by atoms with Crippen molar-refractivity contribution < 1.29 is 19.4 Å². The van der Waals surface area contributed by atoms with Gasteiger partial charge < -0.3 is 15.2 Å². The third-order valence-electron chi connectivity index (χ3n) is 2.23. The molecule has 1 amide bonds. The van der Waals surface area contributed by atoms with Crippen LogP contribution >= 0.6 is 11.3 Å². The van der Waals surface area contributed by atoms with Crippen molar-refractivity contribution in [1.82, 2.24) is 10.3 Å². The molecule has 0 saturated carbocycles. The Kier molecular flexibility index (Phi) is 6.44. The van der Waals surface area contributed by atoms with Gasteiger partial charge in [-0.1, -0.05) is 0 Å². The molecular formula is C12H18N2O4S. The molecule has 0 saturated heterocycles. The van der Waals surface area contributed by atoms with Crippen molar-refractivity contribution >= 4 is 23.2 Å². The fourth-order valence-corrected chi connectivity index (χ4v) is 2.01. The van der Waals surface area contributed by atoms with E-state index >= 15 is 0 Å². The number of carbonyl (C=O) groups excluding carboxylic acids is 1. The van der Waals surface area contributed by atoms with Crippen LogP contribution in [0.5, 0.6) is 0 Å². The molecule has 7 heteroatoms. The SMILES string of the molecule is CC(C)OCCCCNC(=O)c1nc(C(=O)O)cs1. The second-order valence-electron chi connectivity index (χ2n) is 4.23. The van der Waals surface area contributed by atoms with Gasteiger partial charge in [0.2, 0.25) is 0 Å². The van der Waals surface area contributed by atoms with Crippen LogP contribution in [-0.4, -0.2) is 41.2 Å². The zero-order chi connectivity index (χ0) is 14.3. The number of unbranched alkanes of at least 4 members (excludes halogenated alkanes) is 1. The quantitative estimate of drug-likeness (QED) is 0.711. The number of carboxylic acids is 1. The molecule has 6 nitrogen and oxygen atoms in total. The summed E-state index contributed by atoms with van der Waals surface area (Å²) >= 11 is 1.03. The summed E-state index contributed by atoms with van der Waals surface area (Å²) in [7, 11) is 0. The van der Waals surface area contributed by atoms with Gasteiger partial charge in [-0.25, -0.2) is 9.78 Å². The van der Waals surface area contributed by atoms with E-state index in [1.807, 2.05) is 13.8 Å². The molecule has 0 aliphatic carbocycles. The molecule has 1 rings (SSSR count). The number of aromatic nitrogens is 1.